The molecule has 1 fully saturated rings. The van der Waals surface area contributed by atoms with Crippen molar-refractivity contribution in [3.63, 3.8) is 0 Å². The number of amidine groups is 1. The van der Waals surface area contributed by atoms with Gasteiger partial charge in [0.25, 0.3) is 0 Å². The van der Waals surface area contributed by atoms with Gasteiger partial charge in [-0.3, -0.25) is 5.41 Å². The Labute approximate surface area is 127 Å². The van der Waals surface area contributed by atoms with E-state index in [0.29, 0.717) is 19.4 Å². The molecule has 116 valence electrons. The molecule has 0 aromatic heterocycles. The van der Waals surface area contributed by atoms with E-state index in [1.165, 1.54) is 27.8 Å². The fraction of sp³-hybridized carbons (Fsp3) is 0.588. The lowest BCUT2D eigenvalue weighted by Crippen LogP contribution is -2.38. The van der Waals surface area contributed by atoms with Crippen LogP contribution in [0.15, 0.2) is 6.07 Å². The Hall–Kier alpha value is -1.39. The maximum Gasteiger partial charge on any atom is 0.179 e. The summed E-state index contributed by atoms with van der Waals surface area (Å²) in [6.07, 6.45) is 0.983. The van der Waals surface area contributed by atoms with Crippen LogP contribution in [0.4, 0.5) is 0 Å². The van der Waals surface area contributed by atoms with Crippen molar-refractivity contribution in [2.45, 2.75) is 59.4 Å². The fourth-order valence-corrected chi connectivity index (χ4v) is 3.08. The van der Waals surface area contributed by atoms with Crippen LogP contribution in [0.1, 0.15) is 41.2 Å². The van der Waals surface area contributed by atoms with Gasteiger partial charge in [-0.2, -0.15) is 0 Å². The number of hydrogen-bond acceptors (Lipinski definition) is 3. The first kappa shape index (κ1) is 16.0. The molecule has 21 heavy (non-hydrogen) atoms. The molecular weight excluding hydrogens is 264 g/mol. The summed E-state index contributed by atoms with van der Waals surface area (Å²) < 4.78 is 11.9. The number of nitrogens with two attached hydrogens (primary N) is 1. The van der Waals surface area contributed by atoms with Crippen LogP contribution < -0.4 is 5.73 Å². The fourth-order valence-electron chi connectivity index (χ4n) is 3.08. The lowest BCUT2D eigenvalue weighted by Gasteiger charge is -2.29. The van der Waals surface area contributed by atoms with Gasteiger partial charge < -0.3 is 15.2 Å². The molecule has 1 saturated heterocycles. The van der Waals surface area contributed by atoms with E-state index in [0.717, 1.165) is 0 Å². The van der Waals surface area contributed by atoms with Gasteiger partial charge in [0.1, 0.15) is 0 Å². The van der Waals surface area contributed by atoms with E-state index in [1.54, 1.807) is 0 Å². The van der Waals surface area contributed by atoms with E-state index >= 15 is 0 Å². The van der Waals surface area contributed by atoms with E-state index in [-0.39, 0.29) is 11.9 Å². The van der Waals surface area contributed by atoms with Crippen LogP contribution in [0.2, 0.25) is 0 Å². The second-order valence-electron chi connectivity index (χ2n) is 6.27. The van der Waals surface area contributed by atoms with Crippen LogP contribution in [-0.2, 0) is 15.9 Å². The first-order valence-corrected chi connectivity index (χ1v) is 7.45. The van der Waals surface area contributed by atoms with Crippen molar-refractivity contribution in [3.8, 4) is 0 Å². The van der Waals surface area contributed by atoms with Crippen molar-refractivity contribution >= 4 is 5.84 Å². The molecule has 0 saturated carbocycles. The largest absolute Gasteiger partial charge is 0.387 e. The molecule has 1 heterocycles. The van der Waals surface area contributed by atoms with Crippen molar-refractivity contribution in [2.75, 3.05) is 6.61 Å². The van der Waals surface area contributed by atoms with Crippen LogP contribution >= 0.6 is 0 Å². The van der Waals surface area contributed by atoms with Crippen LogP contribution in [0.5, 0.6) is 0 Å². The molecule has 0 amide bonds. The SMILES string of the molecule is Cc1cc(C)c(C)c(CC2(CC(=N)N)OCC(C)O2)c1C. The molecule has 3 N–H and O–H groups in total. The minimum atomic E-state index is -0.791. The average Bonchev–Trinajstić information content (AvgIpc) is 2.73. The Morgan fingerprint density at radius 3 is 2.29 bits per heavy atom. The molecule has 0 spiro atoms. The van der Waals surface area contributed by atoms with Crippen molar-refractivity contribution in [3.05, 3.63) is 33.9 Å². The minimum absolute atomic E-state index is 0.0378. The molecule has 0 bridgehead atoms. The smallest absolute Gasteiger partial charge is 0.179 e. The number of ether oxygens (including phenoxy) is 2. The third-order valence-electron chi connectivity index (χ3n) is 4.42. The first-order chi connectivity index (χ1) is 9.74. The highest BCUT2D eigenvalue weighted by atomic mass is 16.7. The first-order valence-electron chi connectivity index (χ1n) is 7.45. The monoisotopic (exact) mass is 290 g/mol. The number of rotatable bonds is 4. The topological polar surface area (TPSA) is 68.3 Å². The van der Waals surface area contributed by atoms with E-state index in [4.69, 9.17) is 20.6 Å². The molecule has 4 nitrogen and oxygen atoms in total. The van der Waals surface area contributed by atoms with Gasteiger partial charge in [-0.05, 0) is 62.4 Å². The second kappa shape index (κ2) is 5.78. The van der Waals surface area contributed by atoms with Gasteiger partial charge in [-0.15, -0.1) is 0 Å². The number of nitrogens with one attached hydrogen (secondary N) is 1. The van der Waals surface area contributed by atoms with Gasteiger partial charge in [-0.1, -0.05) is 6.07 Å². The lowest BCUT2D eigenvalue weighted by molar-refractivity contribution is -0.159. The molecule has 2 unspecified atom stereocenters. The number of benzene rings is 1. The molecule has 0 aliphatic carbocycles. The zero-order valence-electron chi connectivity index (χ0n) is 13.7. The zero-order valence-corrected chi connectivity index (χ0v) is 13.7. The molecule has 1 aliphatic rings. The molecule has 4 heteroatoms. The van der Waals surface area contributed by atoms with Gasteiger partial charge in [0, 0.05) is 6.42 Å². The molecular formula is C17H26N2O2. The van der Waals surface area contributed by atoms with E-state index in [2.05, 4.69) is 33.8 Å². The Balaban J connectivity index is 2.40. The molecule has 2 rings (SSSR count). The van der Waals surface area contributed by atoms with Crippen molar-refractivity contribution in [2.24, 2.45) is 5.73 Å². The van der Waals surface area contributed by atoms with Gasteiger partial charge in [-0.25, -0.2) is 0 Å². The van der Waals surface area contributed by atoms with Crippen molar-refractivity contribution in [1.82, 2.24) is 0 Å². The van der Waals surface area contributed by atoms with Crippen molar-refractivity contribution in [1.29, 1.82) is 5.41 Å². The maximum atomic E-state index is 7.63. The quantitative estimate of drug-likeness (QED) is 0.662. The summed E-state index contributed by atoms with van der Waals surface area (Å²) in [5.41, 5.74) is 12.0. The third kappa shape index (κ3) is 3.27. The highest BCUT2D eigenvalue weighted by Crippen LogP contribution is 2.34. The molecule has 1 aliphatic heterocycles. The Morgan fingerprint density at radius 1 is 1.29 bits per heavy atom. The molecule has 0 radical (unpaired) electrons. The highest BCUT2D eigenvalue weighted by Gasteiger charge is 2.41. The highest BCUT2D eigenvalue weighted by molar-refractivity contribution is 5.77. The lowest BCUT2D eigenvalue weighted by atomic mass is 9.89. The predicted octanol–water partition coefficient (Wildman–Crippen LogP) is 2.92. The summed E-state index contributed by atoms with van der Waals surface area (Å²) >= 11 is 0. The predicted molar refractivity (Wildman–Crippen MR) is 84.9 cm³/mol. The van der Waals surface area contributed by atoms with Crippen molar-refractivity contribution < 1.29 is 9.47 Å². The Bertz CT molecular complexity index is 542. The molecule has 2 atom stereocenters. The Morgan fingerprint density at radius 2 is 1.86 bits per heavy atom. The molecule has 1 aromatic carbocycles. The summed E-state index contributed by atoms with van der Waals surface area (Å²) in [7, 11) is 0. The Kier molecular flexibility index (Phi) is 4.40. The van der Waals surface area contributed by atoms with E-state index < -0.39 is 5.79 Å². The van der Waals surface area contributed by atoms with Gasteiger partial charge in [0.2, 0.25) is 0 Å². The summed E-state index contributed by atoms with van der Waals surface area (Å²) in [4.78, 5) is 0. The summed E-state index contributed by atoms with van der Waals surface area (Å²) in [6.45, 7) is 11.1. The van der Waals surface area contributed by atoms with Crippen LogP contribution in [0, 0.1) is 33.1 Å². The van der Waals surface area contributed by atoms with Crippen LogP contribution in [0.25, 0.3) is 0 Å². The van der Waals surface area contributed by atoms with E-state index in [1.807, 2.05) is 6.92 Å². The standard InChI is InChI=1S/C17H26N2O2/c1-10-6-11(2)14(5)15(13(10)4)7-17(8-16(18)19)20-9-12(3)21-17/h6,12H,7-9H2,1-5H3,(H3,18,19). The second-order valence-corrected chi connectivity index (χ2v) is 6.27. The zero-order chi connectivity index (χ0) is 15.8. The number of hydrogen-bond donors (Lipinski definition) is 2. The van der Waals surface area contributed by atoms with Crippen LogP contribution in [-0.4, -0.2) is 24.3 Å². The van der Waals surface area contributed by atoms with Gasteiger partial charge in [0.05, 0.1) is 25.0 Å². The minimum Gasteiger partial charge on any atom is -0.387 e. The van der Waals surface area contributed by atoms with Gasteiger partial charge in [0.15, 0.2) is 5.79 Å². The van der Waals surface area contributed by atoms with Gasteiger partial charge >= 0.3 is 0 Å². The molecule has 1 aromatic rings. The number of aryl methyl sites for hydroxylation is 2. The summed E-state index contributed by atoms with van der Waals surface area (Å²) in [5.74, 6) is -0.690. The normalized spacial score (nSPS) is 25.3. The van der Waals surface area contributed by atoms with E-state index in [9.17, 15) is 0 Å². The average molecular weight is 290 g/mol. The van der Waals surface area contributed by atoms with Crippen LogP contribution in [0.3, 0.4) is 0 Å². The maximum absolute atomic E-state index is 7.63. The third-order valence-corrected chi connectivity index (χ3v) is 4.42. The summed E-state index contributed by atoms with van der Waals surface area (Å²) in [5, 5.41) is 7.63. The summed E-state index contributed by atoms with van der Waals surface area (Å²) in [6, 6.07) is 2.21.